The Morgan fingerprint density at radius 1 is 1.23 bits per heavy atom. The fourth-order valence-electron chi connectivity index (χ4n) is 1.31. The molecule has 0 radical (unpaired) electrons. The van der Waals surface area contributed by atoms with Crippen LogP contribution in [0.5, 0.6) is 0 Å². The molecular formula is C13H12F3NO5. The minimum Gasteiger partial charge on any atom is -0.480 e. The average molecular weight is 319 g/mol. The van der Waals surface area contributed by atoms with Crippen LogP contribution >= 0.6 is 0 Å². The molecule has 6 nitrogen and oxygen atoms in total. The summed E-state index contributed by atoms with van der Waals surface area (Å²) in [7, 11) is 0.933. The molecule has 0 atom stereocenters. The zero-order valence-electron chi connectivity index (χ0n) is 11.3. The van der Waals surface area contributed by atoms with Crippen molar-refractivity contribution in [3.8, 4) is 0 Å². The maximum atomic E-state index is 12.0. The van der Waals surface area contributed by atoms with Crippen molar-refractivity contribution < 1.29 is 37.3 Å². The Hall–Kier alpha value is -2.71. The number of nitrogens with one attached hydrogen (secondary N) is 1. The van der Waals surface area contributed by atoms with Gasteiger partial charge >= 0.3 is 12.1 Å². The molecule has 1 amide bonds. The molecule has 1 aromatic carbocycles. The van der Waals surface area contributed by atoms with Gasteiger partial charge in [0.25, 0.3) is 11.9 Å². The summed E-state index contributed by atoms with van der Waals surface area (Å²) in [6.07, 6.45) is -4.76. The number of aliphatic hydroxyl groups is 1. The van der Waals surface area contributed by atoms with Gasteiger partial charge in [0, 0.05) is 5.69 Å². The molecule has 0 saturated heterocycles. The van der Waals surface area contributed by atoms with Crippen LogP contribution in [0.3, 0.4) is 0 Å². The molecule has 0 unspecified atom stereocenters. The molecule has 0 spiro atoms. The van der Waals surface area contributed by atoms with Gasteiger partial charge in [-0.3, -0.25) is 4.79 Å². The number of methoxy groups -OCH3 is 1. The maximum Gasteiger partial charge on any atom is 0.422 e. The number of aliphatic hydroxyl groups excluding tert-OH is 1. The summed E-state index contributed by atoms with van der Waals surface area (Å²) in [6, 6.07) is 7.77. The third kappa shape index (κ3) is 5.35. The van der Waals surface area contributed by atoms with Gasteiger partial charge in [-0.15, -0.1) is 0 Å². The molecule has 0 aromatic heterocycles. The van der Waals surface area contributed by atoms with Crippen LogP contribution in [0.15, 0.2) is 41.9 Å². The Morgan fingerprint density at radius 3 is 2.32 bits per heavy atom. The van der Waals surface area contributed by atoms with Crippen molar-refractivity contribution >= 4 is 17.6 Å². The Labute approximate surface area is 123 Å². The van der Waals surface area contributed by atoms with E-state index in [9.17, 15) is 27.9 Å². The third-order valence-electron chi connectivity index (χ3n) is 2.24. The van der Waals surface area contributed by atoms with Crippen molar-refractivity contribution in [2.45, 2.75) is 6.18 Å². The van der Waals surface area contributed by atoms with Gasteiger partial charge in [0.2, 0.25) is 5.57 Å². The lowest BCUT2D eigenvalue weighted by molar-refractivity contribution is -0.184. The largest absolute Gasteiger partial charge is 0.480 e. The second kappa shape index (κ2) is 7.34. The number of rotatable bonds is 5. The summed E-state index contributed by atoms with van der Waals surface area (Å²) in [5.74, 6) is -3.98. The molecule has 0 aliphatic carbocycles. The summed E-state index contributed by atoms with van der Waals surface area (Å²) in [5, 5.41) is 11.6. The van der Waals surface area contributed by atoms with E-state index in [2.05, 4.69) is 14.8 Å². The molecule has 9 heteroatoms. The zero-order chi connectivity index (χ0) is 16.8. The van der Waals surface area contributed by atoms with Gasteiger partial charge in [0.1, 0.15) is 0 Å². The normalized spacial score (nSPS) is 12.2. The molecule has 0 bridgehead atoms. The van der Waals surface area contributed by atoms with Crippen LogP contribution in [0, 0.1) is 0 Å². The van der Waals surface area contributed by atoms with Crippen LogP contribution in [0.2, 0.25) is 0 Å². The molecule has 120 valence electrons. The number of para-hydroxylation sites is 1. The van der Waals surface area contributed by atoms with E-state index in [1.54, 1.807) is 18.2 Å². The molecule has 0 aliphatic rings. The number of amides is 1. The smallest absolute Gasteiger partial charge is 0.422 e. The minimum absolute atomic E-state index is 0.262. The highest BCUT2D eigenvalue weighted by Crippen LogP contribution is 2.17. The highest BCUT2D eigenvalue weighted by Gasteiger charge is 2.33. The van der Waals surface area contributed by atoms with E-state index in [0.717, 1.165) is 7.11 Å². The van der Waals surface area contributed by atoms with E-state index < -0.39 is 36.2 Å². The predicted molar refractivity (Wildman–Crippen MR) is 68.7 cm³/mol. The molecule has 0 fully saturated rings. The van der Waals surface area contributed by atoms with Crippen LogP contribution in [0.1, 0.15) is 0 Å². The van der Waals surface area contributed by atoms with Gasteiger partial charge in [-0.1, -0.05) is 18.2 Å². The first kappa shape index (κ1) is 17.3. The van der Waals surface area contributed by atoms with E-state index >= 15 is 0 Å². The average Bonchev–Trinajstić information content (AvgIpc) is 2.45. The van der Waals surface area contributed by atoms with Crippen LogP contribution in [0.4, 0.5) is 18.9 Å². The molecule has 0 aliphatic heterocycles. The summed E-state index contributed by atoms with van der Waals surface area (Å²) in [5.41, 5.74) is -0.812. The Bertz CT molecular complexity index is 569. The number of anilines is 1. The van der Waals surface area contributed by atoms with Crippen LogP contribution in [0.25, 0.3) is 0 Å². The minimum atomic E-state index is -4.76. The number of hydrogen-bond donors (Lipinski definition) is 2. The summed E-state index contributed by atoms with van der Waals surface area (Å²) in [6.45, 7) is -1.90. The first-order chi connectivity index (χ1) is 10.2. The topological polar surface area (TPSA) is 84.9 Å². The van der Waals surface area contributed by atoms with E-state index in [1.165, 1.54) is 12.1 Å². The molecule has 1 aromatic rings. The number of alkyl halides is 3. The fraction of sp³-hybridized carbons (Fsp3) is 0.231. The van der Waals surface area contributed by atoms with Gasteiger partial charge in [0.15, 0.2) is 6.61 Å². The van der Waals surface area contributed by atoms with Gasteiger partial charge in [-0.2, -0.15) is 13.2 Å². The van der Waals surface area contributed by atoms with E-state index in [1.807, 2.05) is 0 Å². The highest BCUT2D eigenvalue weighted by atomic mass is 19.4. The van der Waals surface area contributed by atoms with E-state index in [-0.39, 0.29) is 5.69 Å². The first-order valence-electron chi connectivity index (χ1n) is 5.82. The summed E-state index contributed by atoms with van der Waals surface area (Å²) >= 11 is 0. The summed E-state index contributed by atoms with van der Waals surface area (Å²) in [4.78, 5) is 23.4. The van der Waals surface area contributed by atoms with Crippen molar-refractivity contribution in [1.29, 1.82) is 0 Å². The third-order valence-corrected chi connectivity index (χ3v) is 2.24. The predicted octanol–water partition coefficient (Wildman–Crippen LogP) is 2.15. The van der Waals surface area contributed by atoms with E-state index in [0.29, 0.717) is 0 Å². The highest BCUT2D eigenvalue weighted by molar-refractivity contribution is 6.21. The van der Waals surface area contributed by atoms with E-state index in [4.69, 9.17) is 0 Å². The Kier molecular flexibility index (Phi) is 5.79. The lowest BCUT2D eigenvalue weighted by Crippen LogP contribution is -2.28. The Morgan fingerprint density at radius 2 is 1.82 bits per heavy atom. The number of halogens is 3. The van der Waals surface area contributed by atoms with Gasteiger partial charge in [-0.25, -0.2) is 4.79 Å². The molecule has 1 rings (SSSR count). The second-order valence-corrected chi connectivity index (χ2v) is 3.90. The van der Waals surface area contributed by atoms with Crippen molar-refractivity contribution in [2.75, 3.05) is 19.0 Å². The van der Waals surface area contributed by atoms with Crippen molar-refractivity contribution in [3.63, 3.8) is 0 Å². The fourth-order valence-corrected chi connectivity index (χ4v) is 1.31. The van der Waals surface area contributed by atoms with Gasteiger partial charge < -0.3 is 19.9 Å². The molecule has 2 N–H and O–H groups in total. The monoisotopic (exact) mass is 319 g/mol. The number of carbonyl (C=O) groups excluding carboxylic acids is 2. The molecule has 22 heavy (non-hydrogen) atoms. The number of carbonyl (C=O) groups is 2. The molecular weight excluding hydrogens is 307 g/mol. The van der Waals surface area contributed by atoms with Crippen LogP contribution < -0.4 is 5.32 Å². The molecule has 0 saturated carbocycles. The number of benzene rings is 1. The standard InChI is InChI=1S/C13H12F3NO5/c1-21-11(19)9(12(20)22-7-13(14,15)16)10(18)17-8-5-3-2-4-6-8/h2-6,19H,7H2,1H3,(H,17,18)/b11-9+. The van der Waals surface area contributed by atoms with Crippen molar-refractivity contribution in [3.05, 3.63) is 41.9 Å². The number of esters is 1. The van der Waals surface area contributed by atoms with Crippen LogP contribution in [-0.2, 0) is 19.1 Å². The maximum absolute atomic E-state index is 12.0. The van der Waals surface area contributed by atoms with Crippen molar-refractivity contribution in [1.82, 2.24) is 0 Å². The summed E-state index contributed by atoms with van der Waals surface area (Å²) < 4.78 is 44.3. The van der Waals surface area contributed by atoms with Crippen molar-refractivity contribution in [2.24, 2.45) is 0 Å². The first-order valence-corrected chi connectivity index (χ1v) is 5.82. The second-order valence-electron chi connectivity index (χ2n) is 3.90. The number of hydrogen-bond acceptors (Lipinski definition) is 5. The van der Waals surface area contributed by atoms with Gasteiger partial charge in [-0.05, 0) is 12.1 Å². The number of ether oxygens (including phenoxy) is 2. The zero-order valence-corrected chi connectivity index (χ0v) is 11.3. The quantitative estimate of drug-likeness (QED) is 0.286. The van der Waals surface area contributed by atoms with Gasteiger partial charge in [0.05, 0.1) is 7.11 Å². The van der Waals surface area contributed by atoms with Crippen LogP contribution in [-0.4, -0.2) is 36.9 Å². The lowest BCUT2D eigenvalue weighted by atomic mass is 10.2. The molecule has 0 heterocycles. The lowest BCUT2D eigenvalue weighted by Gasteiger charge is -2.11. The SMILES string of the molecule is CO/C(O)=C(\C(=O)Nc1ccccc1)C(=O)OCC(F)(F)F. The Balaban J connectivity index is 2.90.